The van der Waals surface area contributed by atoms with Gasteiger partial charge in [0.15, 0.2) is 0 Å². The first-order chi connectivity index (χ1) is 15.1. The Morgan fingerprint density at radius 2 is 1.68 bits per heavy atom. The Morgan fingerprint density at radius 3 is 2.39 bits per heavy atom. The molecule has 31 heavy (non-hydrogen) atoms. The number of thiophene rings is 1. The highest BCUT2D eigenvalue weighted by molar-refractivity contribution is 9.10. The van der Waals surface area contributed by atoms with Crippen LogP contribution in [0.4, 0.5) is 0 Å². The molecule has 2 aromatic carbocycles. The summed E-state index contributed by atoms with van der Waals surface area (Å²) in [6.45, 7) is 1.06. The molecule has 160 valence electrons. The van der Waals surface area contributed by atoms with Crippen molar-refractivity contribution in [3.05, 3.63) is 81.3 Å². The van der Waals surface area contributed by atoms with E-state index in [1.54, 1.807) is 25.6 Å². The van der Waals surface area contributed by atoms with Crippen LogP contribution < -0.4 is 14.8 Å². The maximum atomic E-state index is 13.1. The molecule has 0 radical (unpaired) electrons. The van der Waals surface area contributed by atoms with E-state index in [-0.39, 0.29) is 5.91 Å². The Morgan fingerprint density at radius 1 is 1.03 bits per heavy atom. The van der Waals surface area contributed by atoms with E-state index < -0.39 is 0 Å². The van der Waals surface area contributed by atoms with Crippen molar-refractivity contribution in [1.82, 2.24) is 9.88 Å². The van der Waals surface area contributed by atoms with Crippen LogP contribution in [0.2, 0.25) is 0 Å². The van der Waals surface area contributed by atoms with Gasteiger partial charge in [0, 0.05) is 17.5 Å². The fraction of sp³-hybridized carbons (Fsp3) is 0.208. The molecule has 1 amide bonds. The molecule has 0 bridgehead atoms. The maximum Gasteiger partial charge on any atom is 0.267 e. The number of hydrogen-bond acceptors (Lipinski definition) is 4. The van der Waals surface area contributed by atoms with Gasteiger partial charge in [-0.1, -0.05) is 36.4 Å². The first-order valence-corrected chi connectivity index (χ1v) is 11.6. The average molecular weight is 499 g/mol. The van der Waals surface area contributed by atoms with Gasteiger partial charge < -0.3 is 19.4 Å². The highest BCUT2D eigenvalue weighted by atomic mass is 79.9. The summed E-state index contributed by atoms with van der Waals surface area (Å²) in [5.74, 6) is 1.54. The van der Waals surface area contributed by atoms with Gasteiger partial charge in [-0.25, -0.2) is 0 Å². The summed E-state index contributed by atoms with van der Waals surface area (Å²) in [7, 11) is 3.32. The van der Waals surface area contributed by atoms with Crippen molar-refractivity contribution in [3.63, 3.8) is 0 Å². The number of amides is 1. The molecule has 4 aromatic rings. The number of ether oxygens (including phenoxy) is 2. The fourth-order valence-corrected chi connectivity index (χ4v) is 5.39. The third-order valence-corrected chi connectivity index (χ3v) is 7.03. The number of nitrogens with zero attached hydrogens (tertiary/aromatic N) is 1. The quantitative estimate of drug-likeness (QED) is 0.348. The molecule has 0 fully saturated rings. The molecule has 0 aliphatic rings. The van der Waals surface area contributed by atoms with Gasteiger partial charge in [0.2, 0.25) is 0 Å². The van der Waals surface area contributed by atoms with Gasteiger partial charge in [-0.2, -0.15) is 0 Å². The zero-order chi connectivity index (χ0) is 21.8. The van der Waals surface area contributed by atoms with Crippen LogP contribution in [0, 0.1) is 0 Å². The number of fused-ring (bicyclic) bond motifs is 1. The van der Waals surface area contributed by atoms with Crippen molar-refractivity contribution in [2.45, 2.75) is 13.0 Å². The van der Waals surface area contributed by atoms with E-state index in [0.29, 0.717) is 25.2 Å². The van der Waals surface area contributed by atoms with E-state index in [1.807, 2.05) is 64.5 Å². The highest BCUT2D eigenvalue weighted by Crippen LogP contribution is 2.34. The summed E-state index contributed by atoms with van der Waals surface area (Å²) in [4.78, 5) is 13.1. The molecule has 4 rings (SSSR count). The van der Waals surface area contributed by atoms with E-state index in [4.69, 9.17) is 9.47 Å². The first-order valence-electron chi connectivity index (χ1n) is 9.90. The van der Waals surface area contributed by atoms with Gasteiger partial charge in [0.1, 0.15) is 17.2 Å². The smallest absolute Gasteiger partial charge is 0.267 e. The van der Waals surface area contributed by atoms with Gasteiger partial charge in [-0.3, -0.25) is 4.79 Å². The van der Waals surface area contributed by atoms with Crippen LogP contribution in [0.25, 0.3) is 10.2 Å². The van der Waals surface area contributed by atoms with Crippen LogP contribution >= 0.6 is 27.3 Å². The molecular formula is C24H23BrN2O3S. The van der Waals surface area contributed by atoms with Crippen molar-refractivity contribution < 1.29 is 14.3 Å². The predicted molar refractivity (Wildman–Crippen MR) is 129 cm³/mol. The van der Waals surface area contributed by atoms with Crippen molar-refractivity contribution in [2.24, 2.45) is 0 Å². The highest BCUT2D eigenvalue weighted by Gasteiger charge is 2.20. The van der Waals surface area contributed by atoms with E-state index in [0.717, 1.165) is 37.3 Å². The Bertz CT molecular complexity index is 1210. The molecule has 2 heterocycles. The lowest BCUT2D eigenvalue weighted by Crippen LogP contribution is -2.28. The molecule has 0 atom stereocenters. The molecule has 0 saturated heterocycles. The summed E-state index contributed by atoms with van der Waals surface area (Å²) in [6.07, 6.45) is 0.695. The van der Waals surface area contributed by atoms with E-state index in [1.165, 1.54) is 0 Å². The van der Waals surface area contributed by atoms with Gasteiger partial charge in [0.25, 0.3) is 5.91 Å². The largest absolute Gasteiger partial charge is 0.496 e. The summed E-state index contributed by atoms with van der Waals surface area (Å²) in [5.41, 5.74) is 3.74. The second-order valence-electron chi connectivity index (χ2n) is 7.04. The van der Waals surface area contributed by atoms with Crippen molar-refractivity contribution in [2.75, 3.05) is 20.8 Å². The van der Waals surface area contributed by atoms with E-state index in [9.17, 15) is 4.79 Å². The monoisotopic (exact) mass is 498 g/mol. The molecule has 0 aliphatic heterocycles. The van der Waals surface area contributed by atoms with Crippen molar-refractivity contribution in [1.29, 1.82) is 0 Å². The Balaban J connectivity index is 1.58. The summed E-state index contributed by atoms with van der Waals surface area (Å²) >= 11 is 5.26. The van der Waals surface area contributed by atoms with E-state index >= 15 is 0 Å². The lowest BCUT2D eigenvalue weighted by atomic mass is 10.1. The lowest BCUT2D eigenvalue weighted by Gasteiger charge is -2.14. The third-order valence-electron chi connectivity index (χ3n) is 5.20. The fourth-order valence-electron chi connectivity index (χ4n) is 3.70. The number of hydrogen-bond donors (Lipinski definition) is 1. The van der Waals surface area contributed by atoms with Gasteiger partial charge in [-0.15, -0.1) is 11.3 Å². The molecule has 0 aliphatic carbocycles. The van der Waals surface area contributed by atoms with Crippen molar-refractivity contribution >= 4 is 43.4 Å². The number of halogens is 1. The summed E-state index contributed by atoms with van der Waals surface area (Å²) < 4.78 is 15.0. The molecule has 0 saturated carbocycles. The zero-order valence-corrected chi connectivity index (χ0v) is 19.8. The summed E-state index contributed by atoms with van der Waals surface area (Å²) in [6, 6.07) is 17.7. The van der Waals surface area contributed by atoms with E-state index in [2.05, 4.69) is 21.2 Å². The Kier molecular flexibility index (Phi) is 6.63. The minimum Gasteiger partial charge on any atom is -0.496 e. The second kappa shape index (κ2) is 9.58. The maximum absolute atomic E-state index is 13.1. The molecular weight excluding hydrogens is 476 g/mol. The molecule has 2 aromatic heterocycles. The number of aromatic nitrogens is 1. The number of benzene rings is 2. The number of methoxy groups -OCH3 is 2. The van der Waals surface area contributed by atoms with Crippen LogP contribution in [-0.2, 0) is 13.0 Å². The molecule has 7 heteroatoms. The molecule has 0 unspecified atom stereocenters. The SMILES string of the molecule is COc1ccccc1CCNC(=O)c1cc2scc(Br)c2n1Cc1ccccc1OC. The second-order valence-corrected chi connectivity index (χ2v) is 8.81. The number of para-hydroxylation sites is 2. The van der Waals surface area contributed by atoms with Crippen molar-refractivity contribution in [3.8, 4) is 11.5 Å². The topological polar surface area (TPSA) is 52.5 Å². The van der Waals surface area contributed by atoms with Crippen LogP contribution in [0.5, 0.6) is 11.5 Å². The average Bonchev–Trinajstić information content (AvgIpc) is 3.34. The molecule has 0 spiro atoms. The predicted octanol–water partition coefficient (Wildman–Crippen LogP) is 5.50. The number of rotatable bonds is 8. The van der Waals surface area contributed by atoms with Crippen LogP contribution in [0.15, 0.2) is 64.5 Å². The van der Waals surface area contributed by atoms with Gasteiger partial charge in [-0.05, 0) is 46.1 Å². The number of nitrogens with one attached hydrogen (secondary N) is 1. The number of carbonyl (C=O) groups excluding carboxylic acids is 1. The Labute approximate surface area is 193 Å². The lowest BCUT2D eigenvalue weighted by molar-refractivity contribution is 0.0945. The number of carbonyl (C=O) groups is 1. The minimum atomic E-state index is -0.0971. The molecule has 1 N–H and O–H groups in total. The van der Waals surface area contributed by atoms with Gasteiger partial charge >= 0.3 is 0 Å². The van der Waals surface area contributed by atoms with Crippen LogP contribution in [-0.4, -0.2) is 31.2 Å². The third kappa shape index (κ3) is 4.48. The standard InChI is InChI=1S/C24H23BrN2O3S/c1-29-20-9-5-3-7-16(20)11-12-26-24(28)19-13-22-23(18(25)15-31-22)27(19)14-17-8-4-6-10-21(17)30-2/h3-10,13,15H,11-12,14H2,1-2H3,(H,26,28). The van der Waals surface area contributed by atoms with Gasteiger partial charge in [0.05, 0.1) is 35.5 Å². The summed E-state index contributed by atoms with van der Waals surface area (Å²) in [5, 5.41) is 5.11. The zero-order valence-electron chi connectivity index (χ0n) is 17.4. The Hall–Kier alpha value is -2.77. The van der Waals surface area contributed by atoms with Crippen LogP contribution in [0.3, 0.4) is 0 Å². The minimum absolute atomic E-state index is 0.0971. The van der Waals surface area contributed by atoms with Crippen LogP contribution in [0.1, 0.15) is 21.6 Å². The first kappa shape index (κ1) is 21.5. The molecule has 5 nitrogen and oxygen atoms in total. The normalized spacial score (nSPS) is 10.9.